The van der Waals surface area contributed by atoms with Gasteiger partial charge in [0, 0.05) is 5.75 Å². The molecule has 31 heavy (non-hydrogen) atoms. The average Bonchev–Trinajstić information content (AvgIpc) is 2.78. The largest absolute Gasteiger partial charge is 0.132 e. The Morgan fingerprint density at radius 1 is 0.548 bits per heavy atom. The van der Waals surface area contributed by atoms with Gasteiger partial charge in [0.05, 0.1) is 4.91 Å². The van der Waals surface area contributed by atoms with Crippen LogP contribution in [-0.4, -0.2) is 17.3 Å². The summed E-state index contributed by atoms with van der Waals surface area (Å²) < 4.78 is 0. The number of rotatable bonds is 23. The van der Waals surface area contributed by atoms with Crippen LogP contribution in [0.4, 0.5) is 0 Å². The van der Waals surface area contributed by atoms with E-state index in [0.717, 1.165) is 0 Å². The third-order valence-electron chi connectivity index (χ3n) is 5.41. The van der Waals surface area contributed by atoms with E-state index in [2.05, 4.69) is 37.4 Å². The number of unbranched alkanes of at least 4 members (excludes halogenated alkanes) is 15. The Kier molecular flexibility index (Phi) is 28.7. The molecule has 182 valence electrons. The van der Waals surface area contributed by atoms with Crippen LogP contribution in [0.2, 0.25) is 0 Å². The molecule has 0 nitrogen and oxygen atoms in total. The van der Waals surface area contributed by atoms with Crippen LogP contribution in [0.15, 0.2) is 10.3 Å². The van der Waals surface area contributed by atoms with Gasteiger partial charge in [-0.05, 0) is 47.3 Å². The summed E-state index contributed by atoms with van der Waals surface area (Å²) in [4.78, 5) is 1.31. The standard InChI is InChI=1S/C28H52S3/c1-4-7-10-13-16-19-23-29-26-22-28(31-25-21-18-15-12-9-6-3)27-30-24-20-17-14-11-8-5-2/h27H,4-21,23-25H2,1-3H3/b28-27+. The Hall–Kier alpha value is 0.350. The molecule has 0 bridgehead atoms. The van der Waals surface area contributed by atoms with Gasteiger partial charge < -0.3 is 0 Å². The summed E-state index contributed by atoms with van der Waals surface area (Å²) in [5, 5.41) is 5.75. The van der Waals surface area contributed by atoms with Gasteiger partial charge in [0.1, 0.15) is 0 Å². The second-order valence-corrected chi connectivity index (χ2v) is 11.6. The summed E-state index contributed by atoms with van der Waals surface area (Å²) in [6.45, 7) is 6.86. The highest BCUT2D eigenvalue weighted by molar-refractivity contribution is 8.06. The Labute approximate surface area is 209 Å². The Bertz CT molecular complexity index is 433. The molecule has 0 fully saturated rings. The summed E-state index contributed by atoms with van der Waals surface area (Å²) in [5.41, 5.74) is 0. The summed E-state index contributed by atoms with van der Waals surface area (Å²) in [6.07, 6.45) is 24.8. The molecule has 0 saturated heterocycles. The quantitative estimate of drug-likeness (QED) is 0.104. The minimum atomic E-state index is 1.19. The molecule has 0 heterocycles. The lowest BCUT2D eigenvalue weighted by molar-refractivity contribution is 0.627. The van der Waals surface area contributed by atoms with Gasteiger partial charge >= 0.3 is 0 Å². The van der Waals surface area contributed by atoms with E-state index < -0.39 is 0 Å². The summed E-state index contributed by atoms with van der Waals surface area (Å²) in [6, 6.07) is 0. The van der Waals surface area contributed by atoms with E-state index in [1.807, 2.05) is 35.3 Å². The minimum Gasteiger partial charge on any atom is -0.132 e. The van der Waals surface area contributed by atoms with Crippen molar-refractivity contribution >= 4 is 35.3 Å². The van der Waals surface area contributed by atoms with E-state index in [9.17, 15) is 0 Å². The molecule has 0 aromatic carbocycles. The normalized spacial score (nSPS) is 11.5. The summed E-state index contributed by atoms with van der Waals surface area (Å²) >= 11 is 5.80. The first kappa shape index (κ1) is 31.4. The van der Waals surface area contributed by atoms with E-state index >= 15 is 0 Å². The monoisotopic (exact) mass is 484 g/mol. The Morgan fingerprint density at radius 3 is 1.55 bits per heavy atom. The van der Waals surface area contributed by atoms with Crippen molar-refractivity contribution in [1.29, 1.82) is 0 Å². The van der Waals surface area contributed by atoms with Crippen molar-refractivity contribution in [3.63, 3.8) is 0 Å². The number of thioether (sulfide) groups is 3. The fourth-order valence-corrected chi connectivity index (χ4v) is 5.92. The van der Waals surface area contributed by atoms with E-state index in [0.29, 0.717) is 0 Å². The van der Waals surface area contributed by atoms with Crippen LogP contribution in [0.5, 0.6) is 0 Å². The van der Waals surface area contributed by atoms with Crippen LogP contribution in [-0.2, 0) is 0 Å². The van der Waals surface area contributed by atoms with Crippen molar-refractivity contribution in [1.82, 2.24) is 0 Å². The fourth-order valence-electron chi connectivity index (χ4n) is 3.36. The van der Waals surface area contributed by atoms with Gasteiger partial charge in [-0.1, -0.05) is 129 Å². The molecule has 0 aromatic rings. The van der Waals surface area contributed by atoms with Crippen molar-refractivity contribution in [2.45, 2.75) is 136 Å². The Morgan fingerprint density at radius 2 is 1.00 bits per heavy atom. The highest BCUT2D eigenvalue weighted by Crippen LogP contribution is 2.23. The highest BCUT2D eigenvalue weighted by Gasteiger charge is 1.98. The maximum Gasteiger partial charge on any atom is 0.0645 e. The van der Waals surface area contributed by atoms with Crippen LogP contribution in [0, 0.1) is 11.2 Å². The summed E-state index contributed by atoms with van der Waals surface area (Å²) in [7, 11) is 0. The first-order valence-electron chi connectivity index (χ1n) is 13.4. The first-order valence-corrected chi connectivity index (χ1v) is 16.4. The lowest BCUT2D eigenvalue weighted by Gasteiger charge is -2.03. The highest BCUT2D eigenvalue weighted by atomic mass is 32.2. The predicted octanol–water partition coefficient (Wildman–Crippen LogP) is 11.1. The maximum atomic E-state index is 3.48. The number of hydrogen-bond acceptors (Lipinski definition) is 3. The second kappa shape index (κ2) is 28.4. The van der Waals surface area contributed by atoms with Crippen LogP contribution in [0.1, 0.15) is 136 Å². The third kappa shape index (κ3) is 26.5. The molecular formula is C28H52S3. The third-order valence-corrected chi connectivity index (χ3v) is 8.25. The molecule has 0 atom stereocenters. The zero-order valence-electron chi connectivity index (χ0n) is 21.2. The zero-order valence-corrected chi connectivity index (χ0v) is 23.6. The molecule has 0 aliphatic rings. The van der Waals surface area contributed by atoms with E-state index in [-0.39, 0.29) is 0 Å². The number of hydrogen-bond donors (Lipinski definition) is 0. The molecule has 0 radical (unpaired) electrons. The van der Waals surface area contributed by atoms with E-state index in [1.54, 1.807) is 0 Å². The molecule has 0 rings (SSSR count). The van der Waals surface area contributed by atoms with Gasteiger partial charge in [-0.2, -0.15) is 0 Å². The van der Waals surface area contributed by atoms with Crippen molar-refractivity contribution in [2.24, 2.45) is 0 Å². The average molecular weight is 485 g/mol. The van der Waals surface area contributed by atoms with Crippen LogP contribution in [0.3, 0.4) is 0 Å². The van der Waals surface area contributed by atoms with Gasteiger partial charge in [0.15, 0.2) is 0 Å². The van der Waals surface area contributed by atoms with Crippen molar-refractivity contribution < 1.29 is 0 Å². The van der Waals surface area contributed by atoms with E-state index in [4.69, 9.17) is 0 Å². The molecule has 0 aliphatic carbocycles. The molecular weight excluding hydrogens is 433 g/mol. The van der Waals surface area contributed by atoms with Crippen LogP contribution >= 0.6 is 35.3 Å². The van der Waals surface area contributed by atoms with Gasteiger partial charge in [0.2, 0.25) is 0 Å². The summed E-state index contributed by atoms with van der Waals surface area (Å²) in [5.74, 6) is 7.15. The lowest BCUT2D eigenvalue weighted by atomic mass is 10.1. The van der Waals surface area contributed by atoms with Crippen molar-refractivity contribution in [3.8, 4) is 11.2 Å². The molecule has 0 spiro atoms. The number of allylic oxidation sites excluding steroid dienone is 1. The lowest BCUT2D eigenvalue weighted by Crippen LogP contribution is -1.84. The molecule has 0 amide bonds. The molecule has 0 aromatic heterocycles. The van der Waals surface area contributed by atoms with Crippen LogP contribution < -0.4 is 0 Å². The SMILES string of the molecule is CCCCCCCCSC#C/C(=C\SCCCCCCCC)SCCCCCCCC. The van der Waals surface area contributed by atoms with Gasteiger partial charge in [-0.3, -0.25) is 0 Å². The van der Waals surface area contributed by atoms with Crippen LogP contribution in [0.25, 0.3) is 0 Å². The molecule has 3 heteroatoms. The molecule has 0 saturated carbocycles. The topological polar surface area (TPSA) is 0 Å². The Balaban J connectivity index is 4.10. The first-order chi connectivity index (χ1) is 15.3. The smallest absolute Gasteiger partial charge is 0.0645 e. The molecule has 0 aliphatic heterocycles. The molecule has 0 N–H and O–H groups in total. The fraction of sp³-hybridized carbons (Fsp3) is 0.857. The van der Waals surface area contributed by atoms with Crippen molar-refractivity contribution in [2.75, 3.05) is 17.3 Å². The molecule has 0 unspecified atom stereocenters. The predicted molar refractivity (Wildman–Crippen MR) is 153 cm³/mol. The van der Waals surface area contributed by atoms with Gasteiger partial charge in [-0.15, -0.1) is 23.5 Å². The van der Waals surface area contributed by atoms with Crippen molar-refractivity contribution in [3.05, 3.63) is 10.3 Å². The minimum absolute atomic E-state index is 1.19. The van der Waals surface area contributed by atoms with Gasteiger partial charge in [0.25, 0.3) is 0 Å². The van der Waals surface area contributed by atoms with Gasteiger partial charge in [-0.25, -0.2) is 0 Å². The maximum absolute atomic E-state index is 3.48. The second-order valence-electron chi connectivity index (χ2n) is 8.58. The zero-order chi connectivity index (χ0) is 22.7. The van der Waals surface area contributed by atoms with E-state index in [1.165, 1.54) is 138 Å².